The quantitative estimate of drug-likeness (QED) is 0.359. The van der Waals surface area contributed by atoms with Crippen molar-refractivity contribution < 1.29 is 36.2 Å². The largest absolute Gasteiger partial charge is 0.416 e. The molecule has 2 aliphatic heterocycles. The minimum Gasteiger partial charge on any atom is -0.395 e. The van der Waals surface area contributed by atoms with Crippen LogP contribution in [0.4, 0.5) is 26.3 Å². The Labute approximate surface area is 222 Å². The van der Waals surface area contributed by atoms with Crippen LogP contribution in [0, 0.1) is 0 Å². The molecule has 1 saturated heterocycles. The molecule has 1 atom stereocenters. The van der Waals surface area contributed by atoms with Crippen molar-refractivity contribution in [2.45, 2.75) is 24.9 Å². The second kappa shape index (κ2) is 10.3. The Bertz CT molecular complexity index is 1480. The number of thioether (sulfide) groups is 1. The first-order chi connectivity index (χ1) is 18.4. The number of carbonyl (C=O) groups excluding carboxylic acids is 1. The molecule has 0 radical (unpaired) electrons. The Morgan fingerprint density at radius 1 is 1.10 bits per heavy atom. The smallest absolute Gasteiger partial charge is 0.395 e. The standard InChI is InChI=1S/C25H21F6N5O2S/c26-24(27,28)17-3-2-15(19(9-17)25(29,30)31)11-36-20-4-1-14(7-16(20)10-33-36)8-21-22(38)34-23(39-21)35-6-5-32-18(12-35)13-37/h1-4,7-10,18,32,37H,5-6,11-13H2/b21-8-/t18-/m0/s1. The summed E-state index contributed by atoms with van der Waals surface area (Å²) >= 11 is 1.22. The van der Waals surface area contributed by atoms with Gasteiger partial charge in [-0.1, -0.05) is 12.1 Å². The van der Waals surface area contributed by atoms with Gasteiger partial charge in [-0.15, -0.1) is 0 Å². The zero-order valence-corrected chi connectivity index (χ0v) is 20.9. The van der Waals surface area contributed by atoms with Gasteiger partial charge in [0.1, 0.15) is 0 Å². The van der Waals surface area contributed by atoms with E-state index in [-0.39, 0.29) is 30.8 Å². The molecule has 2 aromatic carbocycles. The number of fused-ring (bicyclic) bond motifs is 1. The maximum atomic E-state index is 13.6. The molecule has 0 spiro atoms. The van der Waals surface area contributed by atoms with Gasteiger partial charge in [-0.25, -0.2) is 0 Å². The predicted molar refractivity (Wildman–Crippen MR) is 134 cm³/mol. The molecule has 1 fully saturated rings. The van der Waals surface area contributed by atoms with E-state index in [0.717, 1.165) is 6.07 Å². The van der Waals surface area contributed by atoms with Gasteiger partial charge < -0.3 is 15.3 Å². The summed E-state index contributed by atoms with van der Waals surface area (Å²) in [5.41, 5.74) is -1.97. The average Bonchev–Trinajstić information content (AvgIpc) is 3.45. The van der Waals surface area contributed by atoms with E-state index >= 15 is 0 Å². The predicted octanol–water partition coefficient (Wildman–Crippen LogP) is 4.36. The molecule has 0 bridgehead atoms. The van der Waals surface area contributed by atoms with E-state index in [1.54, 1.807) is 24.3 Å². The number of nitrogens with zero attached hydrogens (tertiary/aromatic N) is 4. The Morgan fingerprint density at radius 2 is 1.90 bits per heavy atom. The maximum absolute atomic E-state index is 13.6. The third kappa shape index (κ3) is 5.82. The highest BCUT2D eigenvalue weighted by Gasteiger charge is 2.38. The lowest BCUT2D eigenvalue weighted by Gasteiger charge is -2.33. The Morgan fingerprint density at radius 3 is 2.62 bits per heavy atom. The van der Waals surface area contributed by atoms with Crippen LogP contribution in [-0.4, -0.2) is 63.1 Å². The number of alkyl halides is 6. The third-order valence-electron chi connectivity index (χ3n) is 6.38. The molecule has 3 aromatic rings. The lowest BCUT2D eigenvalue weighted by molar-refractivity contribution is -0.143. The second-order valence-electron chi connectivity index (χ2n) is 9.08. The molecule has 39 heavy (non-hydrogen) atoms. The lowest BCUT2D eigenvalue weighted by atomic mass is 10.0. The molecule has 1 aromatic heterocycles. The van der Waals surface area contributed by atoms with Crippen LogP contribution in [0.3, 0.4) is 0 Å². The average molecular weight is 570 g/mol. The molecule has 0 saturated carbocycles. The number of amides is 1. The number of aliphatic hydroxyl groups is 1. The molecule has 2 N–H and O–H groups in total. The van der Waals surface area contributed by atoms with Crippen molar-refractivity contribution in [3.05, 3.63) is 69.8 Å². The molecule has 206 valence electrons. The zero-order valence-electron chi connectivity index (χ0n) is 20.1. The summed E-state index contributed by atoms with van der Waals surface area (Å²) in [6.45, 7) is 1.39. The number of halogens is 6. The molecule has 1 amide bonds. The number of amidine groups is 1. The SMILES string of the molecule is O=C1N=C(N2CCN[C@H](CO)C2)S/C1=C\c1ccc2c(cnn2Cc2ccc(C(F)(F)F)cc2C(F)(F)F)c1. The zero-order chi connectivity index (χ0) is 27.9. The first kappa shape index (κ1) is 27.2. The minimum absolute atomic E-state index is 0.0326. The van der Waals surface area contributed by atoms with Gasteiger partial charge in [0, 0.05) is 31.1 Å². The maximum Gasteiger partial charge on any atom is 0.416 e. The van der Waals surface area contributed by atoms with Gasteiger partial charge in [0.15, 0.2) is 5.17 Å². The molecular weight excluding hydrogens is 548 g/mol. The summed E-state index contributed by atoms with van der Waals surface area (Å²) in [6.07, 6.45) is -6.78. The Balaban J connectivity index is 1.36. The number of hydrogen-bond donors (Lipinski definition) is 2. The summed E-state index contributed by atoms with van der Waals surface area (Å²) in [7, 11) is 0. The van der Waals surface area contributed by atoms with Crippen molar-refractivity contribution in [3.8, 4) is 0 Å². The van der Waals surface area contributed by atoms with Crippen molar-refractivity contribution in [1.82, 2.24) is 20.0 Å². The van der Waals surface area contributed by atoms with Gasteiger partial charge in [-0.3, -0.25) is 9.48 Å². The third-order valence-corrected chi connectivity index (χ3v) is 7.43. The summed E-state index contributed by atoms with van der Waals surface area (Å²) < 4.78 is 80.9. The van der Waals surface area contributed by atoms with E-state index in [9.17, 15) is 36.2 Å². The summed E-state index contributed by atoms with van der Waals surface area (Å²) in [6, 6.07) is 6.45. The monoisotopic (exact) mass is 569 g/mol. The van der Waals surface area contributed by atoms with E-state index in [1.807, 2.05) is 4.90 Å². The molecule has 3 heterocycles. The highest BCUT2D eigenvalue weighted by molar-refractivity contribution is 8.18. The fourth-order valence-electron chi connectivity index (χ4n) is 4.44. The van der Waals surface area contributed by atoms with Crippen molar-refractivity contribution in [3.63, 3.8) is 0 Å². The van der Waals surface area contributed by atoms with Crippen LogP contribution in [0.2, 0.25) is 0 Å². The number of carbonyl (C=O) groups is 1. The minimum atomic E-state index is -4.98. The number of benzene rings is 2. The normalized spacial score (nSPS) is 19.8. The Hall–Kier alpha value is -3.36. The first-order valence-corrected chi connectivity index (χ1v) is 12.6. The van der Waals surface area contributed by atoms with E-state index in [2.05, 4.69) is 15.4 Å². The summed E-state index contributed by atoms with van der Waals surface area (Å²) in [5, 5.41) is 17.8. The van der Waals surface area contributed by atoms with Crippen molar-refractivity contribution in [1.29, 1.82) is 0 Å². The number of aliphatic imine (C=N–C) groups is 1. The fraction of sp³-hybridized carbons (Fsp3) is 0.320. The van der Waals surface area contributed by atoms with E-state index < -0.39 is 29.4 Å². The van der Waals surface area contributed by atoms with Crippen LogP contribution in [0.15, 0.2) is 52.5 Å². The highest BCUT2D eigenvalue weighted by Crippen LogP contribution is 2.38. The van der Waals surface area contributed by atoms with Crippen LogP contribution >= 0.6 is 11.8 Å². The molecule has 0 unspecified atom stereocenters. The summed E-state index contributed by atoms with van der Waals surface area (Å²) in [5.74, 6) is -0.396. The number of rotatable bonds is 4. The number of hydrogen-bond acceptors (Lipinski definition) is 6. The van der Waals surface area contributed by atoms with Crippen LogP contribution in [0.25, 0.3) is 17.0 Å². The molecule has 2 aliphatic rings. The van der Waals surface area contributed by atoms with Gasteiger partial charge in [0.05, 0.1) is 40.9 Å². The summed E-state index contributed by atoms with van der Waals surface area (Å²) in [4.78, 5) is 19.0. The topological polar surface area (TPSA) is 82.8 Å². The molecular formula is C25H21F6N5O2S. The molecule has 0 aliphatic carbocycles. The van der Waals surface area contributed by atoms with E-state index in [0.29, 0.717) is 52.2 Å². The van der Waals surface area contributed by atoms with Gasteiger partial charge in [-0.2, -0.15) is 36.4 Å². The Kier molecular flexibility index (Phi) is 7.20. The van der Waals surface area contributed by atoms with Gasteiger partial charge >= 0.3 is 12.4 Å². The molecule has 5 rings (SSSR count). The van der Waals surface area contributed by atoms with Gasteiger partial charge in [0.25, 0.3) is 5.91 Å². The molecule has 14 heteroatoms. The second-order valence-corrected chi connectivity index (χ2v) is 10.1. The number of piperazine rings is 1. The lowest BCUT2D eigenvalue weighted by Crippen LogP contribution is -2.53. The molecule has 7 nitrogen and oxygen atoms in total. The fourth-order valence-corrected chi connectivity index (χ4v) is 5.39. The van der Waals surface area contributed by atoms with E-state index in [1.165, 1.54) is 22.6 Å². The van der Waals surface area contributed by atoms with E-state index in [4.69, 9.17) is 0 Å². The number of nitrogens with one attached hydrogen (secondary N) is 1. The van der Waals surface area contributed by atoms with Crippen LogP contribution < -0.4 is 5.32 Å². The number of aromatic nitrogens is 2. The van der Waals surface area contributed by atoms with Crippen molar-refractivity contribution >= 4 is 39.8 Å². The highest BCUT2D eigenvalue weighted by atomic mass is 32.2. The van der Waals surface area contributed by atoms with Crippen LogP contribution in [0.5, 0.6) is 0 Å². The van der Waals surface area contributed by atoms with Gasteiger partial charge in [0.2, 0.25) is 0 Å². The first-order valence-electron chi connectivity index (χ1n) is 11.8. The van der Waals surface area contributed by atoms with Crippen molar-refractivity contribution in [2.75, 3.05) is 26.2 Å². The van der Waals surface area contributed by atoms with Crippen LogP contribution in [0.1, 0.15) is 22.3 Å². The number of aliphatic hydroxyl groups excluding tert-OH is 1. The van der Waals surface area contributed by atoms with Crippen LogP contribution in [-0.2, 0) is 23.7 Å². The van der Waals surface area contributed by atoms with Gasteiger partial charge in [-0.05, 0) is 53.2 Å². The van der Waals surface area contributed by atoms with Crippen molar-refractivity contribution in [2.24, 2.45) is 4.99 Å².